The summed E-state index contributed by atoms with van der Waals surface area (Å²) in [7, 11) is 0. The first kappa shape index (κ1) is 8.58. The second-order valence-corrected chi connectivity index (χ2v) is 3.38. The Hall–Kier alpha value is -1.01. The number of halogens is 1. The number of rotatable bonds is 1. The normalized spacial score (nSPS) is 13.9. The van der Waals surface area contributed by atoms with E-state index in [4.69, 9.17) is 11.6 Å². The number of fused-ring (bicyclic) bond motifs is 1. The van der Waals surface area contributed by atoms with Crippen molar-refractivity contribution in [3.05, 3.63) is 53.1 Å². The van der Waals surface area contributed by atoms with Crippen molar-refractivity contribution in [3.63, 3.8) is 0 Å². The Kier molecular flexibility index (Phi) is 2.51. The second-order valence-electron chi connectivity index (χ2n) is 3.11. The molecular weight excluding hydrogens is 180 g/mol. The lowest BCUT2D eigenvalue weighted by atomic mass is 10.00. The molecule has 0 spiro atoms. The van der Waals surface area contributed by atoms with Gasteiger partial charge in [-0.15, -0.1) is 11.6 Å². The fraction of sp³-hybridized carbons (Fsp3) is 0.167. The van der Waals surface area contributed by atoms with Gasteiger partial charge in [0.1, 0.15) is 0 Å². The van der Waals surface area contributed by atoms with E-state index in [-0.39, 0.29) is 0 Å². The van der Waals surface area contributed by atoms with Crippen molar-refractivity contribution in [1.82, 2.24) is 0 Å². The van der Waals surface area contributed by atoms with Crippen LogP contribution in [0.3, 0.4) is 0 Å². The maximum atomic E-state index is 5.87. The second kappa shape index (κ2) is 3.80. The predicted octanol–water partition coefficient (Wildman–Crippen LogP) is 3.55. The van der Waals surface area contributed by atoms with Crippen LogP contribution in [-0.4, -0.2) is 0 Å². The summed E-state index contributed by atoms with van der Waals surface area (Å²) in [6, 6.07) is 6.29. The molecule has 1 heteroatoms. The molecule has 0 heterocycles. The summed E-state index contributed by atoms with van der Waals surface area (Å²) in [6.45, 7) is 0. The molecule has 13 heavy (non-hydrogen) atoms. The highest BCUT2D eigenvalue weighted by Crippen LogP contribution is 2.21. The smallest absolute Gasteiger partial charge is 0.0477 e. The fourth-order valence-corrected chi connectivity index (χ4v) is 1.86. The molecule has 2 rings (SSSR count). The van der Waals surface area contributed by atoms with E-state index in [0.29, 0.717) is 5.88 Å². The zero-order valence-corrected chi connectivity index (χ0v) is 8.09. The Balaban J connectivity index is 2.54. The molecule has 1 aliphatic rings. The average molecular weight is 191 g/mol. The molecule has 0 atom stereocenters. The molecule has 0 aromatic heterocycles. The van der Waals surface area contributed by atoms with E-state index < -0.39 is 0 Å². The van der Waals surface area contributed by atoms with E-state index in [1.54, 1.807) is 0 Å². The Morgan fingerprint density at radius 1 is 1.23 bits per heavy atom. The third kappa shape index (κ3) is 1.68. The molecule has 0 amide bonds. The fourth-order valence-electron chi connectivity index (χ4n) is 1.61. The third-order valence-corrected chi connectivity index (χ3v) is 2.59. The number of benzene rings is 1. The number of allylic oxidation sites excluding steroid dienone is 3. The largest absolute Gasteiger partial charge is 0.122 e. The van der Waals surface area contributed by atoms with Gasteiger partial charge in [-0.1, -0.05) is 42.5 Å². The maximum absolute atomic E-state index is 5.87. The van der Waals surface area contributed by atoms with E-state index >= 15 is 0 Å². The molecule has 66 valence electrons. The first-order valence-electron chi connectivity index (χ1n) is 4.42. The van der Waals surface area contributed by atoms with Gasteiger partial charge in [-0.3, -0.25) is 0 Å². The van der Waals surface area contributed by atoms with Crippen molar-refractivity contribution in [3.8, 4) is 0 Å². The van der Waals surface area contributed by atoms with E-state index in [9.17, 15) is 0 Å². The molecule has 1 aliphatic carbocycles. The van der Waals surface area contributed by atoms with Crippen LogP contribution in [0.5, 0.6) is 0 Å². The van der Waals surface area contributed by atoms with Crippen molar-refractivity contribution in [1.29, 1.82) is 0 Å². The SMILES string of the molecule is ClCc1cccc2c1CC=CC=C2. The first-order chi connectivity index (χ1) is 6.42. The third-order valence-electron chi connectivity index (χ3n) is 2.30. The number of alkyl halides is 1. The van der Waals surface area contributed by atoms with Crippen LogP contribution in [0.15, 0.2) is 36.4 Å². The van der Waals surface area contributed by atoms with Gasteiger partial charge in [0.2, 0.25) is 0 Å². The minimum Gasteiger partial charge on any atom is -0.122 e. The van der Waals surface area contributed by atoms with Crippen molar-refractivity contribution >= 4 is 17.7 Å². The van der Waals surface area contributed by atoms with Crippen LogP contribution >= 0.6 is 11.6 Å². The van der Waals surface area contributed by atoms with E-state index in [1.165, 1.54) is 16.7 Å². The Labute approximate surface area is 83.5 Å². The van der Waals surface area contributed by atoms with Crippen LogP contribution in [0.25, 0.3) is 6.08 Å². The molecule has 0 N–H and O–H groups in total. The molecule has 1 aromatic rings. The molecule has 0 bridgehead atoms. The summed E-state index contributed by atoms with van der Waals surface area (Å²) in [6.07, 6.45) is 9.44. The molecular formula is C12H11Cl. The number of hydrogen-bond donors (Lipinski definition) is 0. The van der Waals surface area contributed by atoms with Gasteiger partial charge >= 0.3 is 0 Å². The molecule has 0 saturated heterocycles. The Morgan fingerprint density at radius 2 is 2.15 bits per heavy atom. The van der Waals surface area contributed by atoms with Gasteiger partial charge in [-0.2, -0.15) is 0 Å². The van der Waals surface area contributed by atoms with E-state index in [1.807, 2.05) is 0 Å². The van der Waals surface area contributed by atoms with Crippen LogP contribution in [0.2, 0.25) is 0 Å². The first-order valence-corrected chi connectivity index (χ1v) is 4.95. The lowest BCUT2D eigenvalue weighted by Gasteiger charge is -2.07. The van der Waals surface area contributed by atoms with Crippen molar-refractivity contribution in [2.24, 2.45) is 0 Å². The van der Waals surface area contributed by atoms with Gasteiger partial charge in [0, 0.05) is 5.88 Å². The molecule has 0 radical (unpaired) electrons. The highest BCUT2D eigenvalue weighted by atomic mass is 35.5. The standard InChI is InChI=1S/C12H11Cl/c13-9-11-7-4-6-10-5-2-1-3-8-12(10)11/h1-7H,8-9H2. The number of hydrogen-bond acceptors (Lipinski definition) is 0. The Bertz CT molecular complexity index is 361. The summed E-state index contributed by atoms with van der Waals surface area (Å²) in [5, 5.41) is 0. The van der Waals surface area contributed by atoms with Gasteiger partial charge in [-0.25, -0.2) is 0 Å². The van der Waals surface area contributed by atoms with Gasteiger partial charge in [-0.05, 0) is 23.1 Å². The van der Waals surface area contributed by atoms with Crippen LogP contribution in [-0.2, 0) is 12.3 Å². The molecule has 0 unspecified atom stereocenters. The summed E-state index contributed by atoms with van der Waals surface area (Å²) >= 11 is 5.87. The van der Waals surface area contributed by atoms with Crippen molar-refractivity contribution in [2.45, 2.75) is 12.3 Å². The molecule has 0 fully saturated rings. The van der Waals surface area contributed by atoms with Gasteiger partial charge in [0.05, 0.1) is 0 Å². The quantitative estimate of drug-likeness (QED) is 0.595. The molecule has 1 aromatic carbocycles. The van der Waals surface area contributed by atoms with Crippen molar-refractivity contribution < 1.29 is 0 Å². The topological polar surface area (TPSA) is 0 Å². The molecule has 0 aliphatic heterocycles. The monoisotopic (exact) mass is 190 g/mol. The van der Waals surface area contributed by atoms with Crippen LogP contribution in [0.1, 0.15) is 16.7 Å². The van der Waals surface area contributed by atoms with Crippen LogP contribution < -0.4 is 0 Å². The van der Waals surface area contributed by atoms with E-state index in [2.05, 4.69) is 42.5 Å². The summed E-state index contributed by atoms with van der Waals surface area (Å²) in [5.41, 5.74) is 3.90. The van der Waals surface area contributed by atoms with Gasteiger partial charge in [0.15, 0.2) is 0 Å². The average Bonchev–Trinajstić information content (AvgIpc) is 2.41. The van der Waals surface area contributed by atoms with E-state index in [0.717, 1.165) is 6.42 Å². The van der Waals surface area contributed by atoms with Gasteiger partial charge < -0.3 is 0 Å². The van der Waals surface area contributed by atoms with Crippen LogP contribution in [0.4, 0.5) is 0 Å². The van der Waals surface area contributed by atoms with Crippen LogP contribution in [0, 0.1) is 0 Å². The summed E-state index contributed by atoms with van der Waals surface area (Å²) < 4.78 is 0. The molecule has 0 nitrogen and oxygen atoms in total. The van der Waals surface area contributed by atoms with Gasteiger partial charge in [0.25, 0.3) is 0 Å². The minimum atomic E-state index is 0.602. The maximum Gasteiger partial charge on any atom is 0.0477 e. The summed E-state index contributed by atoms with van der Waals surface area (Å²) in [5.74, 6) is 0.602. The predicted molar refractivity (Wildman–Crippen MR) is 57.9 cm³/mol. The summed E-state index contributed by atoms with van der Waals surface area (Å²) in [4.78, 5) is 0. The highest BCUT2D eigenvalue weighted by Gasteiger charge is 2.04. The lowest BCUT2D eigenvalue weighted by Crippen LogP contribution is -1.92. The minimum absolute atomic E-state index is 0.602. The van der Waals surface area contributed by atoms with Crippen molar-refractivity contribution in [2.75, 3.05) is 0 Å². The lowest BCUT2D eigenvalue weighted by molar-refractivity contribution is 1.19. The highest BCUT2D eigenvalue weighted by molar-refractivity contribution is 6.17. The zero-order chi connectivity index (χ0) is 9.10. The molecule has 0 saturated carbocycles. The zero-order valence-electron chi connectivity index (χ0n) is 7.33. The Morgan fingerprint density at radius 3 is 3.00 bits per heavy atom.